The number of hydrogen-bond acceptors (Lipinski definition) is 3. The lowest BCUT2D eigenvalue weighted by Crippen LogP contribution is -2.36. The Morgan fingerprint density at radius 2 is 1.71 bits per heavy atom. The first-order valence-electron chi connectivity index (χ1n) is 7.01. The van der Waals surface area contributed by atoms with Crippen molar-refractivity contribution in [2.75, 3.05) is 11.9 Å². The summed E-state index contributed by atoms with van der Waals surface area (Å²) in [5, 5.41) is 15.5. The van der Waals surface area contributed by atoms with Crippen LogP contribution in [0.1, 0.15) is 12.5 Å². The van der Waals surface area contributed by atoms with Crippen LogP contribution in [0.5, 0.6) is 0 Å². The quantitative estimate of drug-likeness (QED) is 0.767. The largest absolute Gasteiger partial charge is 0.394 e. The number of aliphatic hydroxyl groups excluding tert-OH is 1. The minimum absolute atomic E-state index is 0.0120. The van der Waals surface area contributed by atoms with Crippen molar-refractivity contribution in [2.24, 2.45) is 0 Å². The monoisotopic (exact) mass is 278 g/mol. The van der Waals surface area contributed by atoms with Crippen molar-refractivity contribution in [3.63, 3.8) is 0 Å². The number of pyridine rings is 1. The number of aliphatic hydroxyl groups is 1. The Balaban J connectivity index is 2.04. The lowest BCUT2D eigenvalue weighted by Gasteiger charge is -2.30. The Morgan fingerprint density at radius 3 is 2.48 bits per heavy atom. The zero-order valence-corrected chi connectivity index (χ0v) is 12.0. The summed E-state index contributed by atoms with van der Waals surface area (Å²) in [6.45, 7) is 1.97. The van der Waals surface area contributed by atoms with E-state index in [2.05, 4.69) is 16.4 Å². The van der Waals surface area contributed by atoms with Gasteiger partial charge in [0.1, 0.15) is 5.82 Å². The maximum absolute atomic E-state index is 9.88. The summed E-state index contributed by atoms with van der Waals surface area (Å²) in [7, 11) is 0. The molecule has 3 nitrogen and oxygen atoms in total. The molecule has 0 aliphatic heterocycles. The van der Waals surface area contributed by atoms with Crippen molar-refractivity contribution >= 4 is 16.6 Å². The second-order valence-corrected chi connectivity index (χ2v) is 5.36. The maximum atomic E-state index is 9.88. The van der Waals surface area contributed by atoms with Crippen LogP contribution in [0.15, 0.2) is 66.9 Å². The summed E-state index contributed by atoms with van der Waals surface area (Å²) in [5.41, 5.74) is 0.459. The zero-order valence-electron chi connectivity index (χ0n) is 12.0. The van der Waals surface area contributed by atoms with Crippen LogP contribution in [0, 0.1) is 0 Å². The molecule has 0 saturated heterocycles. The minimum Gasteiger partial charge on any atom is -0.394 e. The number of fused-ring (bicyclic) bond motifs is 1. The molecule has 3 rings (SSSR count). The Hall–Kier alpha value is -2.39. The molecule has 0 saturated carbocycles. The molecule has 0 spiro atoms. The molecule has 1 unspecified atom stereocenters. The summed E-state index contributed by atoms with van der Waals surface area (Å²) < 4.78 is 0. The van der Waals surface area contributed by atoms with E-state index in [4.69, 9.17) is 0 Å². The average molecular weight is 278 g/mol. The van der Waals surface area contributed by atoms with E-state index < -0.39 is 5.54 Å². The van der Waals surface area contributed by atoms with Gasteiger partial charge in [-0.05, 0) is 23.9 Å². The first kappa shape index (κ1) is 13.6. The van der Waals surface area contributed by atoms with Gasteiger partial charge < -0.3 is 10.4 Å². The summed E-state index contributed by atoms with van der Waals surface area (Å²) in [6, 6.07) is 20.0. The van der Waals surface area contributed by atoms with Gasteiger partial charge in [0.2, 0.25) is 0 Å². The molecule has 3 heteroatoms. The van der Waals surface area contributed by atoms with Gasteiger partial charge in [-0.3, -0.25) is 0 Å². The van der Waals surface area contributed by atoms with Gasteiger partial charge in [-0.15, -0.1) is 0 Å². The fourth-order valence-electron chi connectivity index (χ4n) is 2.49. The third kappa shape index (κ3) is 2.60. The van der Waals surface area contributed by atoms with Gasteiger partial charge in [0.25, 0.3) is 0 Å². The molecule has 0 fully saturated rings. The first-order chi connectivity index (χ1) is 10.2. The molecule has 0 radical (unpaired) electrons. The number of nitrogens with zero attached hydrogens (tertiary/aromatic N) is 1. The fraction of sp³-hybridized carbons (Fsp3) is 0.167. The number of hydrogen-bond donors (Lipinski definition) is 2. The van der Waals surface area contributed by atoms with Crippen molar-refractivity contribution in [1.29, 1.82) is 0 Å². The lowest BCUT2D eigenvalue weighted by atomic mass is 9.92. The van der Waals surface area contributed by atoms with Gasteiger partial charge in [-0.1, -0.05) is 54.6 Å². The van der Waals surface area contributed by atoms with Crippen LogP contribution in [0.3, 0.4) is 0 Å². The molecular weight excluding hydrogens is 260 g/mol. The van der Waals surface area contributed by atoms with Crippen LogP contribution >= 0.6 is 0 Å². The molecule has 1 atom stereocenters. The van der Waals surface area contributed by atoms with Crippen molar-refractivity contribution in [3.8, 4) is 0 Å². The molecular formula is C18H18N2O. The molecule has 1 heterocycles. The third-order valence-electron chi connectivity index (χ3n) is 3.80. The van der Waals surface area contributed by atoms with E-state index in [1.807, 2.05) is 61.5 Å². The fourth-order valence-corrected chi connectivity index (χ4v) is 2.49. The van der Waals surface area contributed by atoms with E-state index in [9.17, 15) is 5.11 Å². The lowest BCUT2D eigenvalue weighted by molar-refractivity contribution is 0.224. The van der Waals surface area contributed by atoms with E-state index in [-0.39, 0.29) is 6.61 Å². The summed E-state index contributed by atoms with van der Waals surface area (Å²) in [4.78, 5) is 4.44. The normalized spacial score (nSPS) is 13.8. The molecule has 3 aromatic rings. The highest BCUT2D eigenvalue weighted by molar-refractivity contribution is 5.91. The van der Waals surface area contributed by atoms with E-state index in [0.29, 0.717) is 0 Å². The van der Waals surface area contributed by atoms with Crippen molar-refractivity contribution in [3.05, 3.63) is 72.4 Å². The van der Waals surface area contributed by atoms with Gasteiger partial charge in [0, 0.05) is 11.6 Å². The molecule has 0 amide bonds. The Morgan fingerprint density at radius 1 is 1.00 bits per heavy atom. The second-order valence-electron chi connectivity index (χ2n) is 5.36. The third-order valence-corrected chi connectivity index (χ3v) is 3.80. The molecule has 0 bridgehead atoms. The van der Waals surface area contributed by atoms with Crippen molar-refractivity contribution in [1.82, 2.24) is 4.98 Å². The Labute approximate surface area is 124 Å². The Kier molecular flexibility index (Phi) is 3.59. The SMILES string of the molecule is CC(CO)(Nc1nccc2ccccc12)c1ccccc1. The average Bonchev–Trinajstić information content (AvgIpc) is 2.56. The molecule has 21 heavy (non-hydrogen) atoms. The van der Waals surface area contributed by atoms with Crippen molar-refractivity contribution < 1.29 is 5.11 Å². The van der Waals surface area contributed by atoms with Gasteiger partial charge in [0.15, 0.2) is 0 Å². The van der Waals surface area contributed by atoms with E-state index in [0.717, 1.165) is 22.2 Å². The van der Waals surface area contributed by atoms with E-state index in [1.54, 1.807) is 6.20 Å². The highest BCUT2D eigenvalue weighted by atomic mass is 16.3. The highest BCUT2D eigenvalue weighted by Gasteiger charge is 2.26. The molecule has 106 valence electrons. The zero-order chi connectivity index (χ0) is 14.7. The Bertz CT molecular complexity index is 737. The van der Waals surface area contributed by atoms with E-state index >= 15 is 0 Å². The van der Waals surface area contributed by atoms with Crippen molar-refractivity contribution in [2.45, 2.75) is 12.5 Å². The molecule has 2 aromatic carbocycles. The van der Waals surface area contributed by atoms with Gasteiger partial charge in [-0.25, -0.2) is 4.98 Å². The second kappa shape index (κ2) is 5.54. The summed E-state index contributed by atoms with van der Waals surface area (Å²) in [5.74, 6) is 0.786. The summed E-state index contributed by atoms with van der Waals surface area (Å²) in [6.07, 6.45) is 1.79. The highest BCUT2D eigenvalue weighted by Crippen LogP contribution is 2.28. The number of benzene rings is 2. The molecule has 2 N–H and O–H groups in total. The predicted molar refractivity (Wildman–Crippen MR) is 86.2 cm³/mol. The van der Waals surface area contributed by atoms with Crippen LogP contribution in [-0.2, 0) is 5.54 Å². The number of aromatic nitrogens is 1. The topological polar surface area (TPSA) is 45.1 Å². The van der Waals surface area contributed by atoms with Crippen LogP contribution in [0.25, 0.3) is 10.8 Å². The number of anilines is 1. The molecule has 0 aliphatic rings. The van der Waals surface area contributed by atoms with Crippen LogP contribution in [0.2, 0.25) is 0 Å². The van der Waals surface area contributed by atoms with Gasteiger partial charge in [-0.2, -0.15) is 0 Å². The van der Waals surface area contributed by atoms with Crippen LogP contribution in [-0.4, -0.2) is 16.7 Å². The number of nitrogens with one attached hydrogen (secondary N) is 1. The molecule has 0 aliphatic carbocycles. The smallest absolute Gasteiger partial charge is 0.134 e. The number of rotatable bonds is 4. The van der Waals surface area contributed by atoms with E-state index in [1.165, 1.54) is 0 Å². The van der Waals surface area contributed by atoms with Crippen LogP contribution in [0.4, 0.5) is 5.82 Å². The van der Waals surface area contributed by atoms with Crippen LogP contribution < -0.4 is 5.32 Å². The summed E-state index contributed by atoms with van der Waals surface area (Å²) >= 11 is 0. The maximum Gasteiger partial charge on any atom is 0.134 e. The van der Waals surface area contributed by atoms with Gasteiger partial charge in [0.05, 0.1) is 12.1 Å². The van der Waals surface area contributed by atoms with Gasteiger partial charge >= 0.3 is 0 Å². The minimum atomic E-state index is -0.571. The molecule has 1 aromatic heterocycles. The standard InChI is InChI=1S/C18H18N2O/c1-18(13-21,15-8-3-2-4-9-15)20-17-16-10-6-5-7-14(16)11-12-19-17/h2-12,21H,13H2,1H3,(H,19,20). The first-order valence-corrected chi connectivity index (χ1v) is 7.01. The predicted octanol–water partition coefficient (Wildman–Crippen LogP) is 3.55.